The molecule has 0 spiro atoms. The first-order valence-electron chi connectivity index (χ1n) is 5.73. The zero-order valence-electron chi connectivity index (χ0n) is 9.93. The summed E-state index contributed by atoms with van der Waals surface area (Å²) in [6.07, 6.45) is 3.39. The number of nitrogens with two attached hydrogens (primary N) is 1. The minimum atomic E-state index is -0.733. The van der Waals surface area contributed by atoms with E-state index >= 15 is 0 Å². The number of fused-ring (bicyclic) bond motifs is 1. The van der Waals surface area contributed by atoms with Gasteiger partial charge in [-0.05, 0) is 25.8 Å². The quantitative estimate of drug-likeness (QED) is 0.870. The smallest absolute Gasteiger partial charge is 0.101 e. The molecule has 1 atom stereocenters. The Labute approximate surface area is 101 Å². The number of aryl methyl sites for hydroxylation is 1. The van der Waals surface area contributed by atoms with Gasteiger partial charge in [0.2, 0.25) is 0 Å². The summed E-state index contributed by atoms with van der Waals surface area (Å²) in [6.45, 7) is 2.55. The third-order valence-electron chi connectivity index (χ3n) is 2.87. The summed E-state index contributed by atoms with van der Waals surface area (Å²) in [5.74, 6) is 0. The highest BCUT2D eigenvalue weighted by Gasteiger charge is 2.16. The lowest BCUT2D eigenvalue weighted by Gasteiger charge is -2.14. The predicted molar refractivity (Wildman–Crippen MR) is 67.2 cm³/mol. The van der Waals surface area contributed by atoms with Gasteiger partial charge >= 0.3 is 0 Å². The van der Waals surface area contributed by atoms with Gasteiger partial charge in [0.15, 0.2) is 0 Å². The van der Waals surface area contributed by atoms with Crippen molar-refractivity contribution in [3.8, 4) is 6.07 Å². The molecule has 1 aromatic heterocycles. The second-order valence-electron chi connectivity index (χ2n) is 4.56. The molecule has 0 fully saturated rings. The van der Waals surface area contributed by atoms with Crippen LogP contribution in [0.5, 0.6) is 0 Å². The molecular formula is C13H16N4. The number of hydrogen-bond acceptors (Lipinski definition) is 3. The number of benzene rings is 1. The van der Waals surface area contributed by atoms with E-state index in [1.807, 2.05) is 35.1 Å². The Morgan fingerprint density at radius 2 is 2.24 bits per heavy atom. The van der Waals surface area contributed by atoms with Crippen LogP contribution in [0.15, 0.2) is 30.5 Å². The Bertz CT molecular complexity index is 548. The maximum absolute atomic E-state index is 8.83. The maximum atomic E-state index is 8.83. The van der Waals surface area contributed by atoms with E-state index in [0.29, 0.717) is 6.42 Å². The van der Waals surface area contributed by atoms with E-state index in [1.54, 1.807) is 6.92 Å². The maximum Gasteiger partial charge on any atom is 0.101 e. The van der Waals surface area contributed by atoms with E-state index in [-0.39, 0.29) is 0 Å². The molecule has 17 heavy (non-hydrogen) atoms. The fraction of sp³-hybridized carbons (Fsp3) is 0.385. The van der Waals surface area contributed by atoms with Crippen molar-refractivity contribution < 1.29 is 0 Å². The fourth-order valence-corrected chi connectivity index (χ4v) is 1.86. The first kappa shape index (κ1) is 11.6. The lowest BCUT2D eigenvalue weighted by atomic mass is 9.99. The van der Waals surface area contributed by atoms with Crippen LogP contribution in [0.3, 0.4) is 0 Å². The second kappa shape index (κ2) is 4.56. The standard InChI is InChI=1S/C13H16N4/c1-13(15,10-14)7-4-8-17-12-6-3-2-5-11(12)9-16-17/h2-3,5-6,9H,4,7-8,15H2,1H3. The van der Waals surface area contributed by atoms with Crippen LogP contribution >= 0.6 is 0 Å². The third-order valence-corrected chi connectivity index (χ3v) is 2.87. The molecule has 2 rings (SSSR count). The lowest BCUT2D eigenvalue weighted by molar-refractivity contribution is 0.477. The number of aromatic nitrogens is 2. The van der Waals surface area contributed by atoms with Gasteiger partial charge in [-0.1, -0.05) is 18.2 Å². The zero-order valence-corrected chi connectivity index (χ0v) is 9.93. The molecule has 2 N–H and O–H groups in total. The Kier molecular flexibility index (Phi) is 3.12. The van der Waals surface area contributed by atoms with Crippen LogP contribution in [0.2, 0.25) is 0 Å². The van der Waals surface area contributed by atoms with Gasteiger partial charge in [-0.2, -0.15) is 10.4 Å². The third kappa shape index (κ3) is 2.63. The van der Waals surface area contributed by atoms with Gasteiger partial charge in [0.05, 0.1) is 17.8 Å². The number of para-hydroxylation sites is 1. The van der Waals surface area contributed by atoms with Gasteiger partial charge in [-0.3, -0.25) is 4.68 Å². The first-order chi connectivity index (χ1) is 8.12. The van der Waals surface area contributed by atoms with Crippen molar-refractivity contribution in [1.82, 2.24) is 9.78 Å². The summed E-state index contributed by atoms with van der Waals surface area (Å²) in [5.41, 5.74) is 6.17. The molecule has 0 saturated carbocycles. The first-order valence-corrected chi connectivity index (χ1v) is 5.73. The topological polar surface area (TPSA) is 67.6 Å². The van der Waals surface area contributed by atoms with Crippen molar-refractivity contribution >= 4 is 10.9 Å². The minimum absolute atomic E-state index is 0.678. The molecule has 1 aromatic carbocycles. The number of hydrogen-bond donors (Lipinski definition) is 1. The summed E-state index contributed by atoms with van der Waals surface area (Å²) in [5, 5.41) is 14.3. The van der Waals surface area contributed by atoms with Crippen molar-refractivity contribution in [2.45, 2.75) is 31.8 Å². The minimum Gasteiger partial charge on any atom is -0.314 e. The molecule has 4 nitrogen and oxygen atoms in total. The van der Waals surface area contributed by atoms with Crippen molar-refractivity contribution in [1.29, 1.82) is 5.26 Å². The average molecular weight is 228 g/mol. The molecule has 2 aromatic rings. The van der Waals surface area contributed by atoms with Crippen LogP contribution in [-0.2, 0) is 6.54 Å². The molecule has 1 unspecified atom stereocenters. The average Bonchev–Trinajstić information content (AvgIpc) is 2.73. The molecule has 88 valence electrons. The van der Waals surface area contributed by atoms with Crippen molar-refractivity contribution in [3.05, 3.63) is 30.5 Å². The summed E-state index contributed by atoms with van der Waals surface area (Å²) >= 11 is 0. The molecule has 4 heteroatoms. The van der Waals surface area contributed by atoms with Crippen molar-refractivity contribution in [2.24, 2.45) is 5.73 Å². The van der Waals surface area contributed by atoms with Gasteiger partial charge in [-0.15, -0.1) is 0 Å². The van der Waals surface area contributed by atoms with E-state index in [4.69, 9.17) is 11.0 Å². The Morgan fingerprint density at radius 3 is 3.00 bits per heavy atom. The van der Waals surface area contributed by atoms with E-state index in [9.17, 15) is 0 Å². The van der Waals surface area contributed by atoms with Crippen LogP contribution in [0.4, 0.5) is 0 Å². The molecule has 0 radical (unpaired) electrons. The van der Waals surface area contributed by atoms with Gasteiger partial charge < -0.3 is 5.73 Å². The van der Waals surface area contributed by atoms with Crippen molar-refractivity contribution in [2.75, 3.05) is 0 Å². The van der Waals surface area contributed by atoms with Gasteiger partial charge in [-0.25, -0.2) is 0 Å². The Balaban J connectivity index is 2.03. The Hall–Kier alpha value is -1.86. The van der Waals surface area contributed by atoms with Crippen molar-refractivity contribution in [3.63, 3.8) is 0 Å². The zero-order chi connectivity index (χ0) is 12.3. The molecule has 0 bridgehead atoms. The fourth-order valence-electron chi connectivity index (χ4n) is 1.86. The molecule has 1 heterocycles. The normalized spacial score (nSPS) is 14.4. The highest BCUT2D eigenvalue weighted by Crippen LogP contribution is 2.14. The lowest BCUT2D eigenvalue weighted by Crippen LogP contribution is -2.34. The molecule has 0 saturated heterocycles. The molecule has 0 aliphatic heterocycles. The van der Waals surface area contributed by atoms with E-state index in [2.05, 4.69) is 11.2 Å². The second-order valence-corrected chi connectivity index (χ2v) is 4.56. The summed E-state index contributed by atoms with van der Waals surface area (Å²) in [4.78, 5) is 0. The SMILES string of the molecule is CC(N)(C#N)CCCn1ncc2ccccc21. The van der Waals surface area contributed by atoms with Crippen LogP contribution in [0.1, 0.15) is 19.8 Å². The van der Waals surface area contributed by atoms with Crippen LogP contribution in [0.25, 0.3) is 10.9 Å². The predicted octanol–water partition coefficient (Wildman–Crippen LogP) is 2.06. The van der Waals surface area contributed by atoms with E-state index in [0.717, 1.165) is 23.9 Å². The molecule has 0 aliphatic rings. The number of nitrogens with zero attached hydrogens (tertiary/aromatic N) is 3. The highest BCUT2D eigenvalue weighted by atomic mass is 15.3. The summed E-state index contributed by atoms with van der Waals surface area (Å²) in [7, 11) is 0. The van der Waals surface area contributed by atoms with Gasteiger partial charge in [0, 0.05) is 11.9 Å². The molecule has 0 aliphatic carbocycles. The largest absolute Gasteiger partial charge is 0.314 e. The van der Waals surface area contributed by atoms with Crippen LogP contribution in [0, 0.1) is 11.3 Å². The Morgan fingerprint density at radius 1 is 1.47 bits per heavy atom. The monoisotopic (exact) mass is 228 g/mol. The van der Waals surface area contributed by atoms with Gasteiger partial charge in [0.25, 0.3) is 0 Å². The molecule has 0 amide bonds. The van der Waals surface area contributed by atoms with Crippen LogP contribution < -0.4 is 5.73 Å². The number of nitriles is 1. The van der Waals surface area contributed by atoms with E-state index in [1.165, 1.54) is 0 Å². The molecular weight excluding hydrogens is 212 g/mol. The summed E-state index contributed by atoms with van der Waals surface area (Å²) in [6, 6.07) is 10.2. The van der Waals surface area contributed by atoms with Crippen LogP contribution in [-0.4, -0.2) is 15.3 Å². The van der Waals surface area contributed by atoms with E-state index < -0.39 is 5.54 Å². The van der Waals surface area contributed by atoms with Gasteiger partial charge in [0.1, 0.15) is 5.54 Å². The summed E-state index contributed by atoms with van der Waals surface area (Å²) < 4.78 is 1.96. The number of rotatable bonds is 4. The highest BCUT2D eigenvalue weighted by molar-refractivity contribution is 5.78.